The van der Waals surface area contributed by atoms with Gasteiger partial charge >= 0.3 is 0 Å². The van der Waals surface area contributed by atoms with Crippen LogP contribution in [0.15, 0.2) is 12.7 Å². The maximum Gasteiger partial charge on any atom is 0.0781 e. The van der Waals surface area contributed by atoms with Crippen molar-refractivity contribution in [3.05, 3.63) is 12.7 Å². The van der Waals surface area contributed by atoms with Gasteiger partial charge in [-0.25, -0.2) is 0 Å². The smallest absolute Gasteiger partial charge is 0.0781 e. The van der Waals surface area contributed by atoms with E-state index >= 15 is 0 Å². The van der Waals surface area contributed by atoms with Crippen LogP contribution in [0.5, 0.6) is 0 Å². The molecule has 0 aromatic rings. The zero-order valence-corrected chi connectivity index (χ0v) is 6.84. The van der Waals surface area contributed by atoms with Crippen LogP contribution < -0.4 is 0 Å². The van der Waals surface area contributed by atoms with Crippen molar-refractivity contribution in [2.45, 2.75) is 26.4 Å². The highest BCUT2D eigenvalue weighted by Crippen LogP contribution is 2.26. The summed E-state index contributed by atoms with van der Waals surface area (Å²) in [5.41, 5.74) is 0. The lowest BCUT2D eigenvalue weighted by atomic mass is 9.86. The predicted octanol–water partition coefficient (Wildman–Crippen LogP) is 2.23. The highest BCUT2D eigenvalue weighted by Gasteiger charge is 2.24. The summed E-state index contributed by atoms with van der Waals surface area (Å²) in [6.07, 6.45) is 3.41. The molecule has 58 valence electrons. The Balaban J connectivity index is 2.50. The number of ether oxygens (including phenoxy) is 1. The maximum atomic E-state index is 5.49. The van der Waals surface area contributed by atoms with E-state index in [1.165, 1.54) is 6.42 Å². The molecule has 1 aliphatic rings. The van der Waals surface area contributed by atoms with Crippen LogP contribution in [0.1, 0.15) is 20.3 Å². The zero-order valence-electron chi connectivity index (χ0n) is 6.84. The van der Waals surface area contributed by atoms with Crippen LogP contribution in [0.2, 0.25) is 0 Å². The standard InChI is InChI=1S/C9H16O/c1-4-9-8(3)7(2)5-6-10-9/h4,7-9H,1,5-6H2,2-3H3. The van der Waals surface area contributed by atoms with Crippen molar-refractivity contribution in [3.8, 4) is 0 Å². The Hall–Kier alpha value is -0.300. The molecule has 3 atom stereocenters. The Morgan fingerprint density at radius 2 is 2.20 bits per heavy atom. The first kappa shape index (κ1) is 7.80. The largest absolute Gasteiger partial charge is 0.374 e. The molecule has 0 spiro atoms. The molecule has 0 amide bonds. The molecular formula is C9H16O. The van der Waals surface area contributed by atoms with Crippen molar-refractivity contribution in [2.24, 2.45) is 11.8 Å². The van der Waals surface area contributed by atoms with E-state index < -0.39 is 0 Å². The van der Waals surface area contributed by atoms with Crippen LogP contribution in [-0.2, 0) is 4.74 Å². The first-order chi connectivity index (χ1) is 4.75. The van der Waals surface area contributed by atoms with E-state index in [0.29, 0.717) is 12.0 Å². The second-order valence-corrected chi connectivity index (χ2v) is 3.20. The van der Waals surface area contributed by atoms with E-state index in [-0.39, 0.29) is 0 Å². The fourth-order valence-corrected chi connectivity index (χ4v) is 1.41. The van der Waals surface area contributed by atoms with Gasteiger partial charge in [-0.2, -0.15) is 0 Å². The Kier molecular flexibility index (Phi) is 2.50. The van der Waals surface area contributed by atoms with E-state index in [1.807, 2.05) is 6.08 Å². The second-order valence-electron chi connectivity index (χ2n) is 3.20. The molecule has 1 aliphatic heterocycles. The van der Waals surface area contributed by atoms with E-state index in [1.54, 1.807) is 0 Å². The van der Waals surface area contributed by atoms with E-state index in [9.17, 15) is 0 Å². The van der Waals surface area contributed by atoms with Crippen molar-refractivity contribution >= 4 is 0 Å². The fraction of sp³-hybridized carbons (Fsp3) is 0.778. The molecule has 0 aromatic carbocycles. The third-order valence-electron chi connectivity index (χ3n) is 2.53. The number of rotatable bonds is 1. The van der Waals surface area contributed by atoms with Gasteiger partial charge in [-0.05, 0) is 18.3 Å². The first-order valence-electron chi connectivity index (χ1n) is 4.00. The van der Waals surface area contributed by atoms with Gasteiger partial charge in [0.25, 0.3) is 0 Å². The third-order valence-corrected chi connectivity index (χ3v) is 2.53. The summed E-state index contributed by atoms with van der Waals surface area (Å²) in [4.78, 5) is 0. The molecule has 0 saturated carbocycles. The minimum atomic E-state index is 0.295. The molecule has 0 aliphatic carbocycles. The summed E-state index contributed by atoms with van der Waals surface area (Å²) in [5, 5.41) is 0. The van der Waals surface area contributed by atoms with Gasteiger partial charge in [0.2, 0.25) is 0 Å². The van der Waals surface area contributed by atoms with Gasteiger partial charge in [0.15, 0.2) is 0 Å². The summed E-state index contributed by atoms with van der Waals surface area (Å²) < 4.78 is 5.49. The summed E-state index contributed by atoms with van der Waals surface area (Å²) in [7, 11) is 0. The normalized spacial score (nSPS) is 41.2. The molecule has 3 unspecified atom stereocenters. The minimum absolute atomic E-state index is 0.295. The van der Waals surface area contributed by atoms with Gasteiger partial charge in [-0.3, -0.25) is 0 Å². The molecule has 1 heteroatoms. The molecule has 1 heterocycles. The van der Waals surface area contributed by atoms with Crippen LogP contribution in [0.3, 0.4) is 0 Å². The number of hydrogen-bond donors (Lipinski definition) is 0. The third kappa shape index (κ3) is 1.40. The van der Waals surface area contributed by atoms with Gasteiger partial charge in [0, 0.05) is 6.61 Å². The zero-order chi connectivity index (χ0) is 7.56. The van der Waals surface area contributed by atoms with Crippen molar-refractivity contribution in [3.63, 3.8) is 0 Å². The Bertz CT molecular complexity index is 120. The van der Waals surface area contributed by atoms with Crippen LogP contribution in [0, 0.1) is 11.8 Å². The lowest BCUT2D eigenvalue weighted by molar-refractivity contribution is -0.0174. The van der Waals surface area contributed by atoms with Crippen LogP contribution in [0.4, 0.5) is 0 Å². The first-order valence-corrected chi connectivity index (χ1v) is 4.00. The lowest BCUT2D eigenvalue weighted by Gasteiger charge is -2.32. The maximum absolute atomic E-state index is 5.49. The Labute approximate surface area is 63.1 Å². The summed E-state index contributed by atoms with van der Waals surface area (Å²) in [6.45, 7) is 9.16. The quantitative estimate of drug-likeness (QED) is 0.507. The average molecular weight is 140 g/mol. The Morgan fingerprint density at radius 1 is 1.50 bits per heavy atom. The summed E-state index contributed by atoms with van der Waals surface area (Å²) >= 11 is 0. The van der Waals surface area contributed by atoms with Crippen molar-refractivity contribution in [2.75, 3.05) is 6.61 Å². The van der Waals surface area contributed by atoms with E-state index in [4.69, 9.17) is 4.74 Å². The van der Waals surface area contributed by atoms with Crippen LogP contribution in [0.25, 0.3) is 0 Å². The fourth-order valence-electron chi connectivity index (χ4n) is 1.41. The molecule has 1 nitrogen and oxygen atoms in total. The topological polar surface area (TPSA) is 9.23 Å². The molecule has 10 heavy (non-hydrogen) atoms. The second kappa shape index (κ2) is 3.20. The molecule has 0 aromatic heterocycles. The molecule has 0 radical (unpaired) electrons. The highest BCUT2D eigenvalue weighted by molar-refractivity contribution is 4.88. The van der Waals surface area contributed by atoms with Gasteiger partial charge in [0.05, 0.1) is 6.10 Å². The highest BCUT2D eigenvalue weighted by atomic mass is 16.5. The van der Waals surface area contributed by atoms with Gasteiger partial charge in [0.1, 0.15) is 0 Å². The number of hydrogen-bond acceptors (Lipinski definition) is 1. The molecular weight excluding hydrogens is 124 g/mol. The molecule has 0 bridgehead atoms. The monoisotopic (exact) mass is 140 g/mol. The van der Waals surface area contributed by atoms with Gasteiger partial charge in [-0.15, -0.1) is 6.58 Å². The van der Waals surface area contributed by atoms with Crippen molar-refractivity contribution in [1.82, 2.24) is 0 Å². The van der Waals surface area contributed by atoms with Gasteiger partial charge < -0.3 is 4.74 Å². The SMILES string of the molecule is C=CC1OCCC(C)C1C. The average Bonchev–Trinajstić information content (AvgIpc) is 1.95. The summed E-state index contributed by atoms with van der Waals surface area (Å²) in [6, 6.07) is 0. The summed E-state index contributed by atoms with van der Waals surface area (Å²) in [5.74, 6) is 1.43. The molecule has 0 N–H and O–H groups in total. The van der Waals surface area contributed by atoms with E-state index in [0.717, 1.165) is 12.5 Å². The minimum Gasteiger partial charge on any atom is -0.374 e. The van der Waals surface area contributed by atoms with Crippen LogP contribution >= 0.6 is 0 Å². The van der Waals surface area contributed by atoms with Crippen molar-refractivity contribution in [1.29, 1.82) is 0 Å². The Morgan fingerprint density at radius 3 is 2.70 bits per heavy atom. The van der Waals surface area contributed by atoms with Gasteiger partial charge in [-0.1, -0.05) is 19.9 Å². The lowest BCUT2D eigenvalue weighted by Crippen LogP contribution is -2.31. The van der Waals surface area contributed by atoms with Crippen molar-refractivity contribution < 1.29 is 4.74 Å². The van der Waals surface area contributed by atoms with E-state index in [2.05, 4.69) is 20.4 Å². The molecule has 1 saturated heterocycles. The van der Waals surface area contributed by atoms with Crippen LogP contribution in [-0.4, -0.2) is 12.7 Å². The molecule has 1 rings (SSSR count). The predicted molar refractivity (Wildman–Crippen MR) is 42.9 cm³/mol. The molecule has 1 fully saturated rings.